The van der Waals surface area contributed by atoms with E-state index in [0.717, 1.165) is 11.3 Å². The number of ether oxygens (including phenoxy) is 2. The number of benzene rings is 2. The summed E-state index contributed by atoms with van der Waals surface area (Å²) in [5.74, 6) is 0.120. The van der Waals surface area contributed by atoms with Gasteiger partial charge in [-0.05, 0) is 42.0 Å². The predicted octanol–water partition coefficient (Wildman–Crippen LogP) is 4.65. The SMILES string of the molecule is CC(COc1ccc(OCc2ccc(Cl)cc2)cc1)C(C)C(=O)O. The normalized spacial score (nSPS) is 13.1. The minimum absolute atomic E-state index is 0.0664. The second-order valence-corrected chi connectivity index (χ2v) is 6.24. The lowest BCUT2D eigenvalue weighted by Crippen LogP contribution is -2.23. The van der Waals surface area contributed by atoms with Crippen LogP contribution in [0.15, 0.2) is 48.5 Å². The summed E-state index contributed by atoms with van der Waals surface area (Å²) in [4.78, 5) is 10.9. The molecule has 0 aliphatic heterocycles. The van der Waals surface area contributed by atoms with Gasteiger partial charge in [-0.1, -0.05) is 37.6 Å². The van der Waals surface area contributed by atoms with Gasteiger partial charge in [0.1, 0.15) is 18.1 Å². The third kappa shape index (κ3) is 5.46. The highest BCUT2D eigenvalue weighted by atomic mass is 35.5. The van der Waals surface area contributed by atoms with Crippen molar-refractivity contribution in [1.29, 1.82) is 0 Å². The lowest BCUT2D eigenvalue weighted by atomic mass is 9.97. The Hall–Kier alpha value is -2.20. The Morgan fingerprint density at radius 1 is 1.00 bits per heavy atom. The van der Waals surface area contributed by atoms with Crippen LogP contribution in [0.4, 0.5) is 0 Å². The Morgan fingerprint density at radius 3 is 2.08 bits per heavy atom. The van der Waals surface area contributed by atoms with Gasteiger partial charge in [-0.25, -0.2) is 0 Å². The molecule has 2 rings (SSSR count). The molecule has 0 radical (unpaired) electrons. The van der Waals surface area contributed by atoms with Crippen LogP contribution < -0.4 is 9.47 Å². The van der Waals surface area contributed by atoms with Crippen molar-refractivity contribution in [2.24, 2.45) is 11.8 Å². The van der Waals surface area contributed by atoms with Gasteiger partial charge in [0.05, 0.1) is 12.5 Å². The van der Waals surface area contributed by atoms with Crippen LogP contribution in [-0.2, 0) is 11.4 Å². The number of carboxylic acids is 1. The van der Waals surface area contributed by atoms with Crippen molar-refractivity contribution in [2.75, 3.05) is 6.61 Å². The number of aliphatic carboxylic acids is 1. The van der Waals surface area contributed by atoms with Crippen molar-refractivity contribution in [3.05, 3.63) is 59.1 Å². The van der Waals surface area contributed by atoms with Gasteiger partial charge >= 0.3 is 5.97 Å². The molecule has 1 N–H and O–H groups in total. The van der Waals surface area contributed by atoms with Crippen molar-refractivity contribution in [1.82, 2.24) is 0 Å². The molecule has 4 nitrogen and oxygen atoms in total. The van der Waals surface area contributed by atoms with Crippen molar-refractivity contribution in [3.8, 4) is 11.5 Å². The van der Waals surface area contributed by atoms with Gasteiger partial charge in [-0.3, -0.25) is 4.79 Å². The molecule has 0 saturated carbocycles. The van der Waals surface area contributed by atoms with Crippen molar-refractivity contribution in [2.45, 2.75) is 20.5 Å². The largest absolute Gasteiger partial charge is 0.493 e. The standard InChI is InChI=1S/C19H21ClO4/c1-13(14(2)19(21)22)11-23-17-7-9-18(10-8-17)24-12-15-3-5-16(20)6-4-15/h3-10,13-14H,11-12H2,1-2H3,(H,21,22). The van der Waals surface area contributed by atoms with Gasteiger partial charge in [-0.2, -0.15) is 0 Å². The topological polar surface area (TPSA) is 55.8 Å². The molecule has 0 bridgehead atoms. The summed E-state index contributed by atoms with van der Waals surface area (Å²) in [6.45, 7) is 4.37. The van der Waals surface area contributed by atoms with Gasteiger partial charge in [0, 0.05) is 10.9 Å². The molecular formula is C19H21ClO4. The Balaban J connectivity index is 1.82. The quantitative estimate of drug-likeness (QED) is 0.754. The van der Waals surface area contributed by atoms with E-state index < -0.39 is 11.9 Å². The van der Waals surface area contributed by atoms with Crippen LogP contribution in [-0.4, -0.2) is 17.7 Å². The van der Waals surface area contributed by atoms with E-state index in [1.807, 2.05) is 55.5 Å². The number of carboxylic acid groups (broad SMARTS) is 1. The molecule has 0 aliphatic rings. The molecular weight excluding hydrogens is 328 g/mol. The fourth-order valence-electron chi connectivity index (χ4n) is 1.99. The first-order valence-corrected chi connectivity index (χ1v) is 8.16. The molecule has 0 amide bonds. The highest BCUT2D eigenvalue weighted by Gasteiger charge is 2.19. The first kappa shape index (κ1) is 18.1. The molecule has 2 aromatic rings. The third-order valence-corrected chi connectivity index (χ3v) is 4.15. The zero-order valence-electron chi connectivity index (χ0n) is 13.7. The van der Waals surface area contributed by atoms with E-state index >= 15 is 0 Å². The lowest BCUT2D eigenvalue weighted by molar-refractivity contribution is -0.143. The summed E-state index contributed by atoms with van der Waals surface area (Å²) in [6.07, 6.45) is 0. The summed E-state index contributed by atoms with van der Waals surface area (Å²) in [5.41, 5.74) is 1.04. The molecule has 0 fully saturated rings. The number of rotatable bonds is 8. The van der Waals surface area contributed by atoms with Crippen LogP contribution >= 0.6 is 11.6 Å². The van der Waals surface area contributed by atoms with E-state index in [2.05, 4.69) is 0 Å². The second-order valence-electron chi connectivity index (χ2n) is 5.80. The summed E-state index contributed by atoms with van der Waals surface area (Å²) in [6, 6.07) is 14.8. The summed E-state index contributed by atoms with van der Waals surface area (Å²) >= 11 is 5.85. The molecule has 24 heavy (non-hydrogen) atoms. The van der Waals surface area contributed by atoms with Gasteiger partial charge in [-0.15, -0.1) is 0 Å². The summed E-state index contributed by atoms with van der Waals surface area (Å²) < 4.78 is 11.3. The molecule has 5 heteroatoms. The number of hydrogen-bond acceptors (Lipinski definition) is 3. The molecule has 2 atom stereocenters. The Morgan fingerprint density at radius 2 is 1.54 bits per heavy atom. The summed E-state index contributed by atoms with van der Waals surface area (Å²) in [7, 11) is 0. The van der Waals surface area contributed by atoms with Gasteiger partial charge in [0.25, 0.3) is 0 Å². The van der Waals surface area contributed by atoms with E-state index in [-0.39, 0.29) is 5.92 Å². The van der Waals surface area contributed by atoms with Crippen LogP contribution in [0.2, 0.25) is 5.02 Å². The smallest absolute Gasteiger partial charge is 0.306 e. The van der Waals surface area contributed by atoms with Gasteiger partial charge in [0.15, 0.2) is 0 Å². The molecule has 0 aliphatic carbocycles. The maximum absolute atomic E-state index is 10.9. The van der Waals surface area contributed by atoms with E-state index in [4.69, 9.17) is 26.2 Å². The average molecular weight is 349 g/mol. The number of halogens is 1. The number of hydrogen-bond donors (Lipinski definition) is 1. The van der Waals surface area contributed by atoms with Gasteiger partial charge in [0.2, 0.25) is 0 Å². The maximum Gasteiger partial charge on any atom is 0.306 e. The monoisotopic (exact) mass is 348 g/mol. The van der Waals surface area contributed by atoms with E-state index in [0.29, 0.717) is 24.0 Å². The molecule has 0 heterocycles. The molecule has 2 unspecified atom stereocenters. The van der Waals surface area contributed by atoms with E-state index in [9.17, 15) is 4.79 Å². The minimum Gasteiger partial charge on any atom is -0.493 e. The first-order chi connectivity index (χ1) is 11.5. The Bertz CT molecular complexity index is 652. The van der Waals surface area contributed by atoms with Crippen molar-refractivity contribution in [3.63, 3.8) is 0 Å². The highest BCUT2D eigenvalue weighted by Crippen LogP contribution is 2.21. The lowest BCUT2D eigenvalue weighted by Gasteiger charge is -2.16. The fraction of sp³-hybridized carbons (Fsp3) is 0.316. The number of carbonyl (C=O) groups is 1. The zero-order valence-corrected chi connectivity index (χ0v) is 14.5. The van der Waals surface area contributed by atoms with Crippen LogP contribution in [0.25, 0.3) is 0 Å². The van der Waals surface area contributed by atoms with Crippen LogP contribution in [0.3, 0.4) is 0 Å². The summed E-state index contributed by atoms with van der Waals surface area (Å²) in [5, 5.41) is 9.68. The molecule has 0 saturated heterocycles. The molecule has 0 aromatic heterocycles. The highest BCUT2D eigenvalue weighted by molar-refractivity contribution is 6.30. The maximum atomic E-state index is 10.9. The van der Waals surface area contributed by atoms with Crippen LogP contribution in [0.1, 0.15) is 19.4 Å². The average Bonchev–Trinajstić information content (AvgIpc) is 2.59. The van der Waals surface area contributed by atoms with E-state index in [1.165, 1.54) is 0 Å². The minimum atomic E-state index is -0.808. The fourth-order valence-corrected chi connectivity index (χ4v) is 2.12. The van der Waals surface area contributed by atoms with Crippen LogP contribution in [0, 0.1) is 11.8 Å². The molecule has 0 spiro atoms. The zero-order chi connectivity index (χ0) is 17.5. The van der Waals surface area contributed by atoms with Crippen molar-refractivity contribution >= 4 is 17.6 Å². The Kier molecular flexibility index (Phi) is 6.50. The van der Waals surface area contributed by atoms with Gasteiger partial charge < -0.3 is 14.6 Å². The Labute approximate surface area is 147 Å². The first-order valence-electron chi connectivity index (χ1n) is 7.78. The predicted molar refractivity (Wildman–Crippen MR) is 93.7 cm³/mol. The van der Waals surface area contributed by atoms with Crippen LogP contribution in [0.5, 0.6) is 11.5 Å². The van der Waals surface area contributed by atoms with E-state index in [1.54, 1.807) is 6.92 Å². The molecule has 128 valence electrons. The van der Waals surface area contributed by atoms with Crippen molar-refractivity contribution < 1.29 is 19.4 Å². The second kappa shape index (κ2) is 8.60. The third-order valence-electron chi connectivity index (χ3n) is 3.90. The molecule has 2 aromatic carbocycles.